The monoisotopic (exact) mass is 392 g/mol. The Balaban J connectivity index is 1.28. The van der Waals surface area contributed by atoms with Crippen molar-refractivity contribution in [3.05, 3.63) is 47.5 Å². The number of piperidine rings is 1. The maximum atomic E-state index is 12.6. The van der Waals surface area contributed by atoms with Gasteiger partial charge in [-0.15, -0.1) is 0 Å². The number of hydrogen-bond donors (Lipinski definition) is 1. The molecule has 7 heteroatoms. The lowest BCUT2D eigenvalue weighted by molar-refractivity contribution is -0.125. The largest absolute Gasteiger partial charge is 0.355 e. The molecule has 0 bridgehead atoms. The summed E-state index contributed by atoms with van der Waals surface area (Å²) in [6.07, 6.45) is 2.38. The number of amides is 1. The quantitative estimate of drug-likeness (QED) is 0.722. The Bertz CT molecular complexity index is 999. The number of nitrogens with one attached hydrogen (secondary N) is 1. The Morgan fingerprint density at radius 2 is 1.79 bits per heavy atom. The first-order valence-electron chi connectivity index (χ1n) is 10.3. The van der Waals surface area contributed by atoms with E-state index in [9.17, 15) is 4.79 Å². The predicted octanol–water partition coefficient (Wildman–Crippen LogP) is 2.56. The number of aryl methyl sites for hydroxylation is 3. The summed E-state index contributed by atoms with van der Waals surface area (Å²) in [5.74, 6) is 1.97. The van der Waals surface area contributed by atoms with Crippen molar-refractivity contribution in [2.24, 2.45) is 13.0 Å². The van der Waals surface area contributed by atoms with Gasteiger partial charge in [-0.3, -0.25) is 4.79 Å². The van der Waals surface area contributed by atoms with Crippen LogP contribution in [0.5, 0.6) is 0 Å². The number of fused-ring (bicyclic) bond motifs is 1. The molecule has 1 aliphatic rings. The average molecular weight is 393 g/mol. The van der Waals surface area contributed by atoms with Crippen molar-refractivity contribution in [2.45, 2.75) is 33.1 Å². The molecule has 0 saturated carbocycles. The van der Waals surface area contributed by atoms with Crippen LogP contribution < -0.4 is 10.2 Å². The number of anilines is 1. The molecule has 7 nitrogen and oxygen atoms in total. The van der Waals surface area contributed by atoms with Gasteiger partial charge in [-0.05, 0) is 44.9 Å². The van der Waals surface area contributed by atoms with Crippen molar-refractivity contribution in [3.8, 4) is 0 Å². The molecular weight excluding hydrogens is 364 g/mol. The minimum Gasteiger partial charge on any atom is -0.355 e. The van der Waals surface area contributed by atoms with Gasteiger partial charge in [-0.25, -0.2) is 15.0 Å². The maximum absolute atomic E-state index is 12.6. The van der Waals surface area contributed by atoms with Crippen molar-refractivity contribution < 1.29 is 4.79 Å². The zero-order chi connectivity index (χ0) is 20.4. The van der Waals surface area contributed by atoms with E-state index in [-0.39, 0.29) is 11.8 Å². The standard InChI is InChI=1S/C22H28N6O/c1-15-14-16(2)25-22(24-15)28-12-9-17(10-13-28)21(29)23-11-8-20-26-18-6-4-5-7-19(18)27(20)3/h4-7,14,17H,8-13H2,1-3H3,(H,23,29). The highest BCUT2D eigenvalue weighted by atomic mass is 16.1. The van der Waals surface area contributed by atoms with E-state index in [2.05, 4.69) is 35.8 Å². The molecule has 1 aromatic carbocycles. The highest BCUT2D eigenvalue weighted by molar-refractivity contribution is 5.79. The van der Waals surface area contributed by atoms with E-state index < -0.39 is 0 Å². The highest BCUT2D eigenvalue weighted by Gasteiger charge is 2.26. The molecule has 1 N–H and O–H groups in total. The van der Waals surface area contributed by atoms with E-state index in [4.69, 9.17) is 0 Å². The summed E-state index contributed by atoms with van der Waals surface area (Å²) in [6, 6.07) is 10.1. The number of carbonyl (C=O) groups is 1. The van der Waals surface area contributed by atoms with Gasteiger partial charge in [0.2, 0.25) is 11.9 Å². The molecule has 3 aromatic rings. The fourth-order valence-corrected chi connectivity index (χ4v) is 4.05. The first-order chi connectivity index (χ1) is 14.0. The summed E-state index contributed by atoms with van der Waals surface area (Å²) in [7, 11) is 2.03. The fourth-order valence-electron chi connectivity index (χ4n) is 4.05. The molecule has 1 amide bonds. The third-order valence-corrected chi connectivity index (χ3v) is 5.65. The highest BCUT2D eigenvalue weighted by Crippen LogP contribution is 2.21. The number of rotatable bonds is 5. The van der Waals surface area contributed by atoms with Crippen LogP contribution in [0.15, 0.2) is 30.3 Å². The fraction of sp³-hybridized carbons (Fsp3) is 0.455. The van der Waals surface area contributed by atoms with Gasteiger partial charge >= 0.3 is 0 Å². The van der Waals surface area contributed by atoms with Crippen LogP contribution in [0.1, 0.15) is 30.1 Å². The van der Waals surface area contributed by atoms with Crippen molar-refractivity contribution in [1.82, 2.24) is 24.8 Å². The van der Waals surface area contributed by atoms with Gasteiger partial charge in [0.05, 0.1) is 11.0 Å². The number of aromatic nitrogens is 4. The van der Waals surface area contributed by atoms with Crippen LogP contribution in [0.2, 0.25) is 0 Å². The average Bonchev–Trinajstić information content (AvgIpc) is 3.03. The number of imidazole rings is 1. The third-order valence-electron chi connectivity index (χ3n) is 5.65. The Morgan fingerprint density at radius 1 is 1.10 bits per heavy atom. The molecule has 0 unspecified atom stereocenters. The molecule has 1 saturated heterocycles. The summed E-state index contributed by atoms with van der Waals surface area (Å²) in [5, 5.41) is 3.10. The van der Waals surface area contributed by atoms with Gasteiger partial charge in [0.25, 0.3) is 0 Å². The van der Waals surface area contributed by atoms with Gasteiger partial charge in [0, 0.05) is 50.4 Å². The zero-order valence-corrected chi connectivity index (χ0v) is 17.4. The van der Waals surface area contributed by atoms with Crippen LogP contribution in [-0.2, 0) is 18.3 Å². The first-order valence-corrected chi connectivity index (χ1v) is 10.3. The molecular formula is C22H28N6O. The van der Waals surface area contributed by atoms with Crippen LogP contribution in [0.4, 0.5) is 5.95 Å². The first kappa shape index (κ1) is 19.4. The number of benzene rings is 1. The van der Waals surface area contributed by atoms with Crippen LogP contribution >= 0.6 is 0 Å². The Labute approximate surface area is 171 Å². The van der Waals surface area contributed by atoms with Gasteiger partial charge in [-0.2, -0.15) is 0 Å². The van der Waals surface area contributed by atoms with Gasteiger partial charge in [-0.1, -0.05) is 12.1 Å². The molecule has 4 rings (SSSR count). The zero-order valence-electron chi connectivity index (χ0n) is 17.4. The van der Waals surface area contributed by atoms with Gasteiger partial charge in [0.15, 0.2) is 0 Å². The second-order valence-corrected chi connectivity index (χ2v) is 7.83. The molecule has 0 radical (unpaired) electrons. The molecule has 1 fully saturated rings. The van der Waals surface area contributed by atoms with E-state index in [0.717, 1.165) is 66.5 Å². The van der Waals surface area contributed by atoms with Crippen molar-refractivity contribution in [3.63, 3.8) is 0 Å². The SMILES string of the molecule is Cc1cc(C)nc(N2CCC(C(=O)NCCc3nc4ccccc4n3C)CC2)n1. The second kappa shape index (κ2) is 8.19. The molecule has 152 valence electrons. The smallest absolute Gasteiger partial charge is 0.225 e. The predicted molar refractivity (Wildman–Crippen MR) is 114 cm³/mol. The summed E-state index contributed by atoms with van der Waals surface area (Å²) >= 11 is 0. The minimum atomic E-state index is 0.0533. The Morgan fingerprint density at radius 3 is 2.48 bits per heavy atom. The minimum absolute atomic E-state index is 0.0533. The van der Waals surface area contributed by atoms with E-state index in [1.807, 2.05) is 45.2 Å². The lowest BCUT2D eigenvalue weighted by atomic mass is 9.96. The summed E-state index contributed by atoms with van der Waals surface area (Å²) < 4.78 is 2.10. The molecule has 29 heavy (non-hydrogen) atoms. The molecule has 2 aromatic heterocycles. The maximum Gasteiger partial charge on any atom is 0.225 e. The Hall–Kier alpha value is -2.96. The Kier molecular flexibility index (Phi) is 5.47. The van der Waals surface area contributed by atoms with Gasteiger partial charge in [0.1, 0.15) is 5.82 Å². The number of hydrogen-bond acceptors (Lipinski definition) is 5. The molecule has 0 spiro atoms. The molecule has 3 heterocycles. The lowest BCUT2D eigenvalue weighted by Gasteiger charge is -2.31. The van der Waals surface area contributed by atoms with Crippen LogP contribution in [0, 0.1) is 19.8 Å². The number of para-hydroxylation sites is 2. The summed E-state index contributed by atoms with van der Waals surface area (Å²) in [5.41, 5.74) is 4.08. The summed E-state index contributed by atoms with van der Waals surface area (Å²) in [6.45, 7) is 6.21. The summed E-state index contributed by atoms with van der Waals surface area (Å²) in [4.78, 5) is 28.5. The normalized spacial score (nSPS) is 15.1. The van der Waals surface area contributed by atoms with E-state index in [0.29, 0.717) is 6.54 Å². The number of carbonyl (C=O) groups excluding carboxylic acids is 1. The molecule has 0 aliphatic carbocycles. The van der Waals surface area contributed by atoms with Crippen LogP contribution in [0.25, 0.3) is 11.0 Å². The number of nitrogens with zero attached hydrogens (tertiary/aromatic N) is 5. The van der Waals surface area contributed by atoms with Crippen molar-refractivity contribution >= 4 is 22.9 Å². The van der Waals surface area contributed by atoms with Gasteiger partial charge < -0.3 is 14.8 Å². The third kappa shape index (κ3) is 4.23. The van der Waals surface area contributed by atoms with E-state index >= 15 is 0 Å². The lowest BCUT2D eigenvalue weighted by Crippen LogP contribution is -2.41. The van der Waals surface area contributed by atoms with E-state index in [1.54, 1.807) is 0 Å². The molecule has 0 atom stereocenters. The van der Waals surface area contributed by atoms with Crippen LogP contribution in [0.3, 0.4) is 0 Å². The van der Waals surface area contributed by atoms with E-state index in [1.165, 1.54) is 0 Å². The second-order valence-electron chi connectivity index (χ2n) is 7.83. The van der Waals surface area contributed by atoms with Crippen LogP contribution in [-0.4, -0.2) is 45.1 Å². The van der Waals surface area contributed by atoms with Crippen molar-refractivity contribution in [2.75, 3.05) is 24.5 Å². The van der Waals surface area contributed by atoms with Crippen molar-refractivity contribution in [1.29, 1.82) is 0 Å². The topological polar surface area (TPSA) is 75.9 Å². The molecule has 1 aliphatic heterocycles.